The SMILES string of the molecule is CC(C)(CNc1ccc([N+](=O)[O-])cn1)N1CCOCC1. The highest BCUT2D eigenvalue weighted by Gasteiger charge is 2.28. The van der Waals surface area contributed by atoms with E-state index >= 15 is 0 Å². The number of pyridine rings is 1. The summed E-state index contributed by atoms with van der Waals surface area (Å²) in [5.74, 6) is 0.650. The topological polar surface area (TPSA) is 80.5 Å². The summed E-state index contributed by atoms with van der Waals surface area (Å²) < 4.78 is 5.35. The first kappa shape index (κ1) is 14.7. The second-order valence-corrected chi connectivity index (χ2v) is 5.42. The van der Waals surface area contributed by atoms with E-state index in [2.05, 4.69) is 29.0 Å². The maximum atomic E-state index is 10.6. The monoisotopic (exact) mass is 280 g/mol. The molecule has 0 amide bonds. The molecule has 0 unspecified atom stereocenters. The van der Waals surface area contributed by atoms with Gasteiger partial charge in [0.25, 0.3) is 5.69 Å². The van der Waals surface area contributed by atoms with Crippen LogP contribution in [-0.2, 0) is 4.74 Å². The van der Waals surface area contributed by atoms with E-state index in [9.17, 15) is 10.1 Å². The van der Waals surface area contributed by atoms with Crippen molar-refractivity contribution in [1.29, 1.82) is 0 Å². The van der Waals surface area contributed by atoms with Crippen LogP contribution >= 0.6 is 0 Å². The second-order valence-electron chi connectivity index (χ2n) is 5.42. The second kappa shape index (κ2) is 6.15. The molecule has 1 saturated heterocycles. The van der Waals surface area contributed by atoms with Gasteiger partial charge in [-0.2, -0.15) is 0 Å². The number of hydrogen-bond donors (Lipinski definition) is 1. The molecule has 110 valence electrons. The van der Waals surface area contributed by atoms with Crippen molar-refractivity contribution in [3.8, 4) is 0 Å². The molecule has 2 rings (SSSR count). The largest absolute Gasteiger partial charge is 0.379 e. The van der Waals surface area contributed by atoms with Crippen molar-refractivity contribution < 1.29 is 9.66 Å². The molecule has 0 radical (unpaired) electrons. The minimum atomic E-state index is -0.450. The maximum Gasteiger partial charge on any atom is 0.287 e. The van der Waals surface area contributed by atoms with E-state index in [4.69, 9.17) is 4.74 Å². The van der Waals surface area contributed by atoms with Crippen LogP contribution in [0.2, 0.25) is 0 Å². The molecule has 0 aromatic carbocycles. The van der Waals surface area contributed by atoms with E-state index < -0.39 is 4.92 Å². The highest BCUT2D eigenvalue weighted by Crippen LogP contribution is 2.18. The molecule has 0 saturated carbocycles. The summed E-state index contributed by atoms with van der Waals surface area (Å²) in [5.41, 5.74) is -0.0178. The Bertz CT molecular complexity index is 455. The number of hydrogen-bond acceptors (Lipinski definition) is 6. The number of nitrogens with zero attached hydrogens (tertiary/aromatic N) is 3. The third-order valence-electron chi connectivity index (χ3n) is 3.53. The third kappa shape index (κ3) is 3.64. The lowest BCUT2D eigenvalue weighted by molar-refractivity contribution is -0.385. The third-order valence-corrected chi connectivity index (χ3v) is 3.53. The molecule has 1 fully saturated rings. The van der Waals surface area contributed by atoms with Crippen molar-refractivity contribution in [2.45, 2.75) is 19.4 Å². The van der Waals surface area contributed by atoms with Crippen LogP contribution in [0.25, 0.3) is 0 Å². The standard InChI is InChI=1S/C13H20N4O3/c1-13(2,16-5-7-20-8-6-16)10-15-12-4-3-11(9-14-12)17(18)19/h3-4,9H,5-8,10H2,1-2H3,(H,14,15). The first-order chi connectivity index (χ1) is 9.49. The van der Waals surface area contributed by atoms with Crippen molar-refractivity contribution in [2.75, 3.05) is 38.2 Å². The molecule has 0 bridgehead atoms. The number of nitro groups is 1. The molecule has 0 aliphatic carbocycles. The van der Waals surface area contributed by atoms with Gasteiger partial charge in [-0.25, -0.2) is 4.98 Å². The van der Waals surface area contributed by atoms with Crippen LogP contribution in [0.1, 0.15) is 13.8 Å². The summed E-state index contributed by atoms with van der Waals surface area (Å²) in [6.07, 6.45) is 1.27. The predicted molar refractivity (Wildman–Crippen MR) is 75.9 cm³/mol. The van der Waals surface area contributed by atoms with Crippen molar-refractivity contribution in [3.63, 3.8) is 0 Å². The van der Waals surface area contributed by atoms with Crippen molar-refractivity contribution in [3.05, 3.63) is 28.4 Å². The van der Waals surface area contributed by atoms with Gasteiger partial charge < -0.3 is 10.1 Å². The van der Waals surface area contributed by atoms with Gasteiger partial charge in [-0.05, 0) is 19.9 Å². The number of nitrogens with one attached hydrogen (secondary N) is 1. The number of ether oxygens (including phenoxy) is 1. The highest BCUT2D eigenvalue weighted by molar-refractivity contribution is 5.40. The summed E-state index contributed by atoms with van der Waals surface area (Å²) in [7, 11) is 0. The zero-order chi connectivity index (χ0) is 14.6. The van der Waals surface area contributed by atoms with Gasteiger partial charge in [-0.15, -0.1) is 0 Å². The van der Waals surface area contributed by atoms with Crippen LogP contribution in [0.3, 0.4) is 0 Å². The Morgan fingerprint density at radius 2 is 2.15 bits per heavy atom. The summed E-state index contributed by atoms with van der Waals surface area (Å²) >= 11 is 0. The lowest BCUT2D eigenvalue weighted by Crippen LogP contribution is -2.53. The van der Waals surface area contributed by atoms with Crippen molar-refractivity contribution in [2.24, 2.45) is 0 Å². The Morgan fingerprint density at radius 3 is 2.70 bits per heavy atom. The van der Waals surface area contributed by atoms with Crippen molar-refractivity contribution in [1.82, 2.24) is 9.88 Å². The minimum Gasteiger partial charge on any atom is -0.379 e. The molecule has 0 spiro atoms. The van der Waals surface area contributed by atoms with Gasteiger partial charge in [0.1, 0.15) is 12.0 Å². The molecule has 1 aromatic rings. The lowest BCUT2D eigenvalue weighted by atomic mass is 10.0. The Hall–Kier alpha value is -1.73. The van der Waals surface area contributed by atoms with Crippen LogP contribution in [0.15, 0.2) is 18.3 Å². The minimum absolute atomic E-state index is 0.00277. The molecular weight excluding hydrogens is 260 g/mol. The fourth-order valence-corrected chi connectivity index (χ4v) is 2.19. The van der Waals surface area contributed by atoms with Crippen LogP contribution < -0.4 is 5.32 Å². The number of rotatable bonds is 5. The number of aromatic nitrogens is 1. The molecule has 2 heterocycles. The van der Waals surface area contributed by atoms with Crippen molar-refractivity contribution >= 4 is 11.5 Å². The van der Waals surface area contributed by atoms with E-state index in [0.29, 0.717) is 5.82 Å². The molecule has 20 heavy (non-hydrogen) atoms. The normalized spacial score (nSPS) is 16.9. The molecule has 7 nitrogen and oxygen atoms in total. The van der Waals surface area contributed by atoms with Gasteiger partial charge in [0.2, 0.25) is 0 Å². The van der Waals surface area contributed by atoms with E-state index in [1.807, 2.05) is 0 Å². The van der Waals surface area contributed by atoms with Crippen LogP contribution in [0, 0.1) is 10.1 Å². The summed E-state index contributed by atoms with van der Waals surface area (Å²) in [6, 6.07) is 3.09. The van der Waals surface area contributed by atoms with E-state index in [1.54, 1.807) is 6.07 Å². The average molecular weight is 280 g/mol. The molecular formula is C13H20N4O3. The van der Waals surface area contributed by atoms with E-state index in [0.717, 1.165) is 32.8 Å². The average Bonchev–Trinajstić information content (AvgIpc) is 2.46. The predicted octanol–water partition coefficient (Wildman–Crippen LogP) is 1.51. The van der Waals surface area contributed by atoms with Gasteiger partial charge in [-0.3, -0.25) is 15.0 Å². The number of morpholine rings is 1. The molecule has 0 atom stereocenters. The fourth-order valence-electron chi connectivity index (χ4n) is 2.19. The number of anilines is 1. The first-order valence-electron chi connectivity index (χ1n) is 6.66. The fraction of sp³-hybridized carbons (Fsp3) is 0.615. The van der Waals surface area contributed by atoms with Crippen LogP contribution in [0.5, 0.6) is 0 Å². The van der Waals surface area contributed by atoms with Crippen LogP contribution in [-0.4, -0.2) is 53.2 Å². The Balaban J connectivity index is 1.91. The van der Waals surface area contributed by atoms with Gasteiger partial charge in [0, 0.05) is 31.2 Å². The first-order valence-corrected chi connectivity index (χ1v) is 6.66. The highest BCUT2D eigenvalue weighted by atomic mass is 16.6. The molecule has 1 N–H and O–H groups in total. The zero-order valence-electron chi connectivity index (χ0n) is 11.8. The smallest absolute Gasteiger partial charge is 0.287 e. The summed E-state index contributed by atoms with van der Waals surface area (Å²) in [5, 5.41) is 13.8. The van der Waals surface area contributed by atoms with E-state index in [-0.39, 0.29) is 11.2 Å². The Kier molecular flexibility index (Phi) is 4.51. The summed E-state index contributed by atoms with van der Waals surface area (Å²) in [6.45, 7) is 8.41. The molecule has 1 aliphatic heterocycles. The lowest BCUT2D eigenvalue weighted by Gasteiger charge is -2.40. The van der Waals surface area contributed by atoms with Gasteiger partial charge in [-0.1, -0.05) is 0 Å². The Labute approximate surface area is 118 Å². The van der Waals surface area contributed by atoms with E-state index in [1.165, 1.54) is 12.3 Å². The molecule has 1 aromatic heterocycles. The molecule has 7 heteroatoms. The zero-order valence-corrected chi connectivity index (χ0v) is 11.8. The molecule has 1 aliphatic rings. The van der Waals surface area contributed by atoms with Gasteiger partial charge >= 0.3 is 0 Å². The van der Waals surface area contributed by atoms with Gasteiger partial charge in [0.15, 0.2) is 0 Å². The van der Waals surface area contributed by atoms with Crippen LogP contribution in [0.4, 0.5) is 11.5 Å². The Morgan fingerprint density at radius 1 is 1.45 bits per heavy atom. The quantitative estimate of drug-likeness (QED) is 0.650. The van der Waals surface area contributed by atoms with Gasteiger partial charge in [0.05, 0.1) is 18.1 Å². The maximum absolute atomic E-state index is 10.6. The summed E-state index contributed by atoms with van der Waals surface area (Å²) in [4.78, 5) is 16.5.